The quantitative estimate of drug-likeness (QED) is 0.336. The minimum atomic E-state index is -0.507. The molecule has 3 heterocycles. The number of benzene rings is 2. The summed E-state index contributed by atoms with van der Waals surface area (Å²) in [5.74, 6) is -0.132. The summed E-state index contributed by atoms with van der Waals surface area (Å²) in [5, 5.41) is 11.9. The van der Waals surface area contributed by atoms with Gasteiger partial charge in [-0.1, -0.05) is 30.3 Å². The van der Waals surface area contributed by atoms with Crippen molar-refractivity contribution in [2.75, 3.05) is 7.11 Å². The summed E-state index contributed by atoms with van der Waals surface area (Å²) < 4.78 is 21.5. The van der Waals surface area contributed by atoms with Crippen LogP contribution in [-0.4, -0.2) is 27.0 Å². The van der Waals surface area contributed by atoms with Gasteiger partial charge in [-0.15, -0.1) is 0 Å². The Morgan fingerprint density at radius 3 is 2.51 bits per heavy atom. The first-order chi connectivity index (χ1) is 17.9. The number of methoxy groups -OCH3 is 1. The molecular formula is C28H24FN5O3. The van der Waals surface area contributed by atoms with Gasteiger partial charge < -0.3 is 14.6 Å². The van der Waals surface area contributed by atoms with E-state index in [4.69, 9.17) is 10.1 Å². The zero-order valence-electron chi connectivity index (χ0n) is 20.1. The van der Waals surface area contributed by atoms with Crippen LogP contribution in [-0.2, 0) is 19.5 Å². The van der Waals surface area contributed by atoms with E-state index in [2.05, 4.69) is 10.3 Å². The predicted octanol–water partition coefficient (Wildman–Crippen LogP) is 3.45. The number of hydrogen-bond donors (Lipinski definition) is 2. The molecule has 0 aliphatic rings. The third kappa shape index (κ3) is 4.84. The molecule has 0 aliphatic heterocycles. The van der Waals surface area contributed by atoms with Crippen LogP contribution in [0.15, 0.2) is 83.8 Å². The van der Waals surface area contributed by atoms with Gasteiger partial charge in [-0.05, 0) is 60.0 Å². The fourth-order valence-corrected chi connectivity index (χ4v) is 4.19. The van der Waals surface area contributed by atoms with E-state index in [-0.39, 0.29) is 34.4 Å². The maximum atomic E-state index is 13.3. The summed E-state index contributed by atoms with van der Waals surface area (Å²) in [6, 6.07) is 20.0. The highest BCUT2D eigenvalue weighted by atomic mass is 19.1. The molecule has 0 saturated carbocycles. The van der Waals surface area contributed by atoms with Crippen LogP contribution in [0.25, 0.3) is 16.7 Å². The van der Waals surface area contributed by atoms with E-state index < -0.39 is 5.91 Å². The van der Waals surface area contributed by atoms with E-state index in [0.29, 0.717) is 29.8 Å². The van der Waals surface area contributed by atoms with E-state index >= 15 is 0 Å². The second-order valence-corrected chi connectivity index (χ2v) is 8.55. The van der Waals surface area contributed by atoms with Gasteiger partial charge in [0.1, 0.15) is 28.3 Å². The van der Waals surface area contributed by atoms with Crippen molar-refractivity contribution in [1.29, 1.82) is 5.41 Å². The molecule has 0 fully saturated rings. The standard InChI is InChI=1S/C28H24FN5O3/c1-37-21-11-7-18(8-12-21)13-15-34-25(30)22(27(35)31-17-19-5-9-20(29)10-6-19)16-23-26(34)32-24-4-2-3-14-33(24)28(23)36/h2-12,14,16,30H,13,15,17H2,1H3,(H,31,35). The second kappa shape index (κ2) is 10.1. The first-order valence-corrected chi connectivity index (χ1v) is 11.7. The van der Waals surface area contributed by atoms with Crippen LogP contribution in [0, 0.1) is 11.2 Å². The van der Waals surface area contributed by atoms with Crippen molar-refractivity contribution in [3.8, 4) is 5.75 Å². The fourth-order valence-electron chi connectivity index (χ4n) is 4.19. The van der Waals surface area contributed by atoms with Crippen LogP contribution in [0.3, 0.4) is 0 Å². The lowest BCUT2D eigenvalue weighted by Crippen LogP contribution is -2.35. The largest absolute Gasteiger partial charge is 0.497 e. The van der Waals surface area contributed by atoms with E-state index in [1.54, 1.807) is 48.2 Å². The first-order valence-electron chi connectivity index (χ1n) is 11.7. The number of aryl methyl sites for hydroxylation is 2. The van der Waals surface area contributed by atoms with Gasteiger partial charge >= 0.3 is 0 Å². The Bertz CT molecular complexity index is 1720. The molecule has 0 atom stereocenters. The number of aromatic nitrogens is 3. The van der Waals surface area contributed by atoms with Gasteiger partial charge in [-0.25, -0.2) is 9.37 Å². The normalized spacial score (nSPS) is 11.1. The molecule has 5 rings (SSSR count). The number of rotatable bonds is 7. The number of carbonyl (C=O) groups is 1. The van der Waals surface area contributed by atoms with Crippen molar-refractivity contribution in [3.63, 3.8) is 0 Å². The number of nitrogens with one attached hydrogen (secondary N) is 2. The molecule has 0 radical (unpaired) electrons. The van der Waals surface area contributed by atoms with Crippen LogP contribution >= 0.6 is 0 Å². The number of carbonyl (C=O) groups excluding carboxylic acids is 1. The number of nitrogens with zero attached hydrogens (tertiary/aromatic N) is 3. The van der Waals surface area contributed by atoms with E-state index in [1.807, 2.05) is 24.3 Å². The average Bonchev–Trinajstić information content (AvgIpc) is 2.92. The molecule has 0 spiro atoms. The molecule has 8 nitrogen and oxygen atoms in total. The smallest absolute Gasteiger partial charge is 0.267 e. The first kappa shape index (κ1) is 23.9. The Kier molecular flexibility index (Phi) is 6.51. The molecular weight excluding hydrogens is 473 g/mol. The Morgan fingerprint density at radius 1 is 1.05 bits per heavy atom. The van der Waals surface area contributed by atoms with Crippen molar-refractivity contribution < 1.29 is 13.9 Å². The van der Waals surface area contributed by atoms with Gasteiger partial charge in [-0.2, -0.15) is 0 Å². The highest BCUT2D eigenvalue weighted by Crippen LogP contribution is 2.15. The van der Waals surface area contributed by atoms with Crippen molar-refractivity contribution in [3.05, 3.63) is 117 Å². The molecule has 0 aliphatic carbocycles. The second-order valence-electron chi connectivity index (χ2n) is 8.55. The summed E-state index contributed by atoms with van der Waals surface area (Å²) >= 11 is 0. The Hall–Kier alpha value is -4.79. The number of amides is 1. The molecule has 5 aromatic rings. The fraction of sp³-hybridized carbons (Fsp3) is 0.143. The molecule has 1 amide bonds. The van der Waals surface area contributed by atoms with Crippen molar-refractivity contribution >= 4 is 22.6 Å². The zero-order valence-corrected chi connectivity index (χ0v) is 20.1. The monoisotopic (exact) mass is 497 g/mol. The maximum Gasteiger partial charge on any atom is 0.267 e. The lowest BCUT2D eigenvalue weighted by Gasteiger charge is -2.15. The van der Waals surface area contributed by atoms with Gasteiger partial charge in [0.2, 0.25) is 0 Å². The van der Waals surface area contributed by atoms with Gasteiger partial charge in [0.15, 0.2) is 0 Å². The molecule has 0 unspecified atom stereocenters. The zero-order chi connectivity index (χ0) is 25.9. The van der Waals surface area contributed by atoms with Crippen LogP contribution in [0.1, 0.15) is 21.5 Å². The average molecular weight is 498 g/mol. The molecule has 0 saturated heterocycles. The van der Waals surface area contributed by atoms with Crippen LogP contribution in [0.5, 0.6) is 5.75 Å². The summed E-state index contributed by atoms with van der Waals surface area (Å²) in [6.07, 6.45) is 2.17. The van der Waals surface area contributed by atoms with Crippen LogP contribution in [0.2, 0.25) is 0 Å². The van der Waals surface area contributed by atoms with E-state index in [9.17, 15) is 14.0 Å². The summed E-state index contributed by atoms with van der Waals surface area (Å²) in [5.41, 5.74) is 2.18. The topological polar surface area (TPSA) is 101 Å². The molecule has 9 heteroatoms. The number of ether oxygens (including phenoxy) is 1. The van der Waals surface area contributed by atoms with Gasteiger partial charge in [0.05, 0.1) is 18.1 Å². The Labute approximate surface area is 211 Å². The number of halogens is 1. The van der Waals surface area contributed by atoms with Gasteiger partial charge in [0, 0.05) is 19.3 Å². The number of hydrogen-bond acceptors (Lipinski definition) is 5. The molecule has 186 valence electrons. The Balaban J connectivity index is 1.57. The van der Waals surface area contributed by atoms with Crippen molar-refractivity contribution in [2.24, 2.45) is 0 Å². The van der Waals surface area contributed by atoms with Crippen LogP contribution < -0.4 is 21.1 Å². The minimum absolute atomic E-state index is 0.0511. The third-order valence-electron chi connectivity index (χ3n) is 6.21. The van der Waals surface area contributed by atoms with Gasteiger partial charge in [0.25, 0.3) is 11.5 Å². The SMILES string of the molecule is COc1ccc(CCn2c(=N)c(C(=O)NCc3ccc(F)cc3)cc3c(=O)n4ccccc4nc32)cc1. The van der Waals surface area contributed by atoms with E-state index in [1.165, 1.54) is 22.6 Å². The van der Waals surface area contributed by atoms with E-state index in [0.717, 1.165) is 11.3 Å². The van der Waals surface area contributed by atoms with Crippen molar-refractivity contribution in [1.82, 2.24) is 19.3 Å². The highest BCUT2D eigenvalue weighted by Gasteiger charge is 2.17. The third-order valence-corrected chi connectivity index (χ3v) is 6.21. The minimum Gasteiger partial charge on any atom is -0.497 e. The highest BCUT2D eigenvalue weighted by molar-refractivity contribution is 5.96. The molecule has 2 N–H and O–H groups in total. The maximum absolute atomic E-state index is 13.3. The molecule has 3 aromatic heterocycles. The lowest BCUT2D eigenvalue weighted by atomic mass is 10.1. The van der Waals surface area contributed by atoms with Crippen molar-refractivity contribution in [2.45, 2.75) is 19.5 Å². The summed E-state index contributed by atoms with van der Waals surface area (Å²) in [6.45, 7) is 0.480. The van der Waals surface area contributed by atoms with Crippen LogP contribution in [0.4, 0.5) is 4.39 Å². The van der Waals surface area contributed by atoms with Gasteiger partial charge in [-0.3, -0.25) is 19.4 Å². The Morgan fingerprint density at radius 2 is 1.78 bits per heavy atom. The summed E-state index contributed by atoms with van der Waals surface area (Å²) in [7, 11) is 1.60. The summed E-state index contributed by atoms with van der Waals surface area (Å²) in [4.78, 5) is 31.2. The predicted molar refractivity (Wildman–Crippen MR) is 137 cm³/mol. The molecule has 2 aromatic carbocycles. The molecule has 0 bridgehead atoms. The molecule has 37 heavy (non-hydrogen) atoms. The lowest BCUT2D eigenvalue weighted by molar-refractivity contribution is 0.0948. The number of pyridine rings is 2. The number of fused-ring (bicyclic) bond motifs is 2.